The number of anilines is 1. The minimum absolute atomic E-state index is 0.377. The third-order valence-electron chi connectivity index (χ3n) is 2.86. The Balaban J connectivity index is 1.90. The maximum absolute atomic E-state index is 5.53. The largest absolute Gasteiger partial charge is 0.356 e. The molecule has 0 unspecified atom stereocenters. The molecule has 0 saturated heterocycles. The number of benzene rings is 1. The van der Waals surface area contributed by atoms with E-state index in [0.717, 1.165) is 23.9 Å². The summed E-state index contributed by atoms with van der Waals surface area (Å²) in [6, 6.07) is 8.51. The Hall–Kier alpha value is -1.46. The lowest BCUT2D eigenvalue weighted by molar-refractivity contribution is 0.799. The summed E-state index contributed by atoms with van der Waals surface area (Å²) < 4.78 is 4.32. The van der Waals surface area contributed by atoms with Gasteiger partial charge in [-0.25, -0.2) is 4.98 Å². The van der Waals surface area contributed by atoms with E-state index in [-0.39, 0.29) is 0 Å². The second-order valence-corrected chi connectivity index (χ2v) is 5.57. The molecule has 102 valence electrons. The van der Waals surface area contributed by atoms with Gasteiger partial charge >= 0.3 is 0 Å². The number of nitrogens with zero attached hydrogens (tertiary/aromatic N) is 2. The second kappa shape index (κ2) is 6.63. The standard InChI is InChI=1S/C14H20N4S/c1-10(2)13-17-14(19-18-13)16-9-12-5-3-11(4-6-12)7-8-15/h3-6,10H,7-9,15H2,1-2H3,(H,16,17,18). The van der Waals surface area contributed by atoms with Gasteiger partial charge in [-0.1, -0.05) is 38.1 Å². The van der Waals surface area contributed by atoms with Crippen LogP contribution in [0.1, 0.15) is 36.7 Å². The highest BCUT2D eigenvalue weighted by Gasteiger charge is 2.06. The fourth-order valence-electron chi connectivity index (χ4n) is 1.71. The van der Waals surface area contributed by atoms with Crippen LogP contribution in [-0.2, 0) is 13.0 Å². The van der Waals surface area contributed by atoms with Crippen LogP contribution in [-0.4, -0.2) is 15.9 Å². The summed E-state index contributed by atoms with van der Waals surface area (Å²) in [5, 5.41) is 4.19. The SMILES string of the molecule is CC(C)c1nsc(NCc2ccc(CCN)cc2)n1. The van der Waals surface area contributed by atoms with E-state index in [1.807, 2.05) is 0 Å². The molecule has 0 bridgehead atoms. The minimum Gasteiger partial charge on any atom is -0.356 e. The molecule has 1 aromatic carbocycles. The zero-order chi connectivity index (χ0) is 13.7. The summed E-state index contributed by atoms with van der Waals surface area (Å²) in [7, 11) is 0. The van der Waals surface area contributed by atoms with Gasteiger partial charge in [-0.15, -0.1) is 0 Å². The van der Waals surface area contributed by atoms with Gasteiger partial charge in [-0.05, 0) is 24.1 Å². The topological polar surface area (TPSA) is 63.8 Å². The third kappa shape index (κ3) is 4.01. The van der Waals surface area contributed by atoms with Gasteiger partial charge in [0.1, 0.15) is 5.82 Å². The van der Waals surface area contributed by atoms with Crippen LogP contribution in [0.5, 0.6) is 0 Å². The zero-order valence-electron chi connectivity index (χ0n) is 11.4. The first-order valence-corrected chi connectivity index (χ1v) is 7.31. The van der Waals surface area contributed by atoms with Gasteiger partial charge in [0, 0.05) is 24.0 Å². The van der Waals surface area contributed by atoms with Crippen molar-refractivity contribution in [1.29, 1.82) is 0 Å². The fourth-order valence-corrected chi connectivity index (χ4v) is 2.41. The van der Waals surface area contributed by atoms with E-state index in [1.54, 1.807) is 0 Å². The first-order chi connectivity index (χ1) is 9.19. The molecule has 0 aliphatic carbocycles. The summed E-state index contributed by atoms with van der Waals surface area (Å²) in [6.07, 6.45) is 0.932. The summed E-state index contributed by atoms with van der Waals surface area (Å²) in [5.74, 6) is 1.29. The summed E-state index contributed by atoms with van der Waals surface area (Å²) in [4.78, 5) is 4.45. The maximum Gasteiger partial charge on any atom is 0.202 e. The van der Waals surface area contributed by atoms with Crippen LogP contribution in [0.2, 0.25) is 0 Å². The van der Waals surface area contributed by atoms with Gasteiger partial charge in [-0.2, -0.15) is 4.37 Å². The van der Waals surface area contributed by atoms with E-state index in [0.29, 0.717) is 12.5 Å². The van der Waals surface area contributed by atoms with Crippen LogP contribution in [0.4, 0.5) is 5.13 Å². The van der Waals surface area contributed by atoms with Crippen molar-refractivity contribution in [2.45, 2.75) is 32.7 Å². The number of hydrogen-bond donors (Lipinski definition) is 2. The van der Waals surface area contributed by atoms with E-state index in [4.69, 9.17) is 5.73 Å². The molecule has 4 nitrogen and oxygen atoms in total. The molecule has 1 heterocycles. The molecule has 0 aliphatic rings. The molecule has 0 amide bonds. The Morgan fingerprint density at radius 1 is 1.21 bits per heavy atom. The zero-order valence-corrected chi connectivity index (χ0v) is 12.2. The molecule has 0 aliphatic heterocycles. The number of nitrogens with one attached hydrogen (secondary N) is 1. The van der Waals surface area contributed by atoms with E-state index in [9.17, 15) is 0 Å². The van der Waals surface area contributed by atoms with Crippen LogP contribution in [0.15, 0.2) is 24.3 Å². The van der Waals surface area contributed by atoms with Gasteiger partial charge in [0.15, 0.2) is 0 Å². The predicted molar refractivity (Wildman–Crippen MR) is 80.5 cm³/mol. The first kappa shape index (κ1) is 14.0. The van der Waals surface area contributed by atoms with Gasteiger partial charge < -0.3 is 11.1 Å². The minimum atomic E-state index is 0.377. The highest BCUT2D eigenvalue weighted by molar-refractivity contribution is 7.09. The van der Waals surface area contributed by atoms with Crippen LogP contribution in [0, 0.1) is 0 Å². The number of aromatic nitrogens is 2. The Kier molecular flexibility index (Phi) is 4.87. The van der Waals surface area contributed by atoms with Crippen LogP contribution < -0.4 is 11.1 Å². The first-order valence-electron chi connectivity index (χ1n) is 6.54. The van der Waals surface area contributed by atoms with E-state index in [2.05, 4.69) is 52.8 Å². The molecular weight excluding hydrogens is 256 g/mol. The van der Waals surface area contributed by atoms with Gasteiger partial charge in [0.25, 0.3) is 0 Å². The molecule has 0 spiro atoms. The van der Waals surface area contributed by atoms with Crippen molar-refractivity contribution in [3.63, 3.8) is 0 Å². The van der Waals surface area contributed by atoms with Crippen molar-refractivity contribution in [1.82, 2.24) is 9.36 Å². The molecule has 0 radical (unpaired) electrons. The average Bonchev–Trinajstić information content (AvgIpc) is 2.87. The fraction of sp³-hybridized carbons (Fsp3) is 0.429. The van der Waals surface area contributed by atoms with Gasteiger partial charge in [0.2, 0.25) is 5.13 Å². The maximum atomic E-state index is 5.53. The molecule has 0 atom stereocenters. The van der Waals surface area contributed by atoms with Crippen molar-refractivity contribution < 1.29 is 0 Å². The molecule has 0 fully saturated rings. The molecule has 1 aromatic heterocycles. The highest BCUT2D eigenvalue weighted by Crippen LogP contribution is 2.18. The molecule has 3 N–H and O–H groups in total. The van der Waals surface area contributed by atoms with Crippen molar-refractivity contribution >= 4 is 16.7 Å². The molecule has 2 aromatic rings. The van der Waals surface area contributed by atoms with E-state index in [1.165, 1.54) is 22.7 Å². The lowest BCUT2D eigenvalue weighted by atomic mass is 10.1. The second-order valence-electron chi connectivity index (χ2n) is 4.82. The Morgan fingerprint density at radius 2 is 1.89 bits per heavy atom. The van der Waals surface area contributed by atoms with Crippen LogP contribution in [0.3, 0.4) is 0 Å². The number of hydrogen-bond acceptors (Lipinski definition) is 5. The smallest absolute Gasteiger partial charge is 0.202 e. The third-order valence-corrected chi connectivity index (χ3v) is 3.54. The monoisotopic (exact) mass is 276 g/mol. The van der Waals surface area contributed by atoms with Crippen molar-refractivity contribution in [3.8, 4) is 0 Å². The summed E-state index contributed by atoms with van der Waals surface area (Å²) >= 11 is 1.42. The summed E-state index contributed by atoms with van der Waals surface area (Å²) in [6.45, 7) is 5.67. The van der Waals surface area contributed by atoms with Crippen molar-refractivity contribution in [3.05, 3.63) is 41.2 Å². The van der Waals surface area contributed by atoms with E-state index >= 15 is 0 Å². The molecule has 5 heteroatoms. The van der Waals surface area contributed by atoms with Crippen LogP contribution >= 0.6 is 11.5 Å². The Labute approximate surface area is 118 Å². The number of rotatable bonds is 6. The van der Waals surface area contributed by atoms with Crippen molar-refractivity contribution in [2.24, 2.45) is 5.73 Å². The lowest BCUT2D eigenvalue weighted by Crippen LogP contribution is -2.03. The van der Waals surface area contributed by atoms with Crippen molar-refractivity contribution in [2.75, 3.05) is 11.9 Å². The van der Waals surface area contributed by atoms with Gasteiger partial charge in [0.05, 0.1) is 0 Å². The van der Waals surface area contributed by atoms with Gasteiger partial charge in [-0.3, -0.25) is 0 Å². The molecular formula is C14H20N4S. The number of nitrogens with two attached hydrogens (primary N) is 1. The molecule has 0 saturated carbocycles. The quantitative estimate of drug-likeness (QED) is 0.851. The normalized spacial score (nSPS) is 10.9. The lowest BCUT2D eigenvalue weighted by Gasteiger charge is -2.04. The molecule has 19 heavy (non-hydrogen) atoms. The van der Waals surface area contributed by atoms with Crippen LogP contribution in [0.25, 0.3) is 0 Å². The highest BCUT2D eigenvalue weighted by atomic mass is 32.1. The molecule has 2 rings (SSSR count). The average molecular weight is 276 g/mol. The Bertz CT molecular complexity index is 504. The predicted octanol–water partition coefficient (Wildman–Crippen LogP) is 2.77. The Morgan fingerprint density at radius 3 is 2.47 bits per heavy atom. The van der Waals surface area contributed by atoms with E-state index < -0.39 is 0 Å². The summed E-state index contributed by atoms with van der Waals surface area (Å²) in [5.41, 5.74) is 8.05.